The second-order valence-corrected chi connectivity index (χ2v) is 6.92. The van der Waals surface area contributed by atoms with Gasteiger partial charge in [0, 0.05) is 19.1 Å². The normalized spacial score (nSPS) is 23.7. The van der Waals surface area contributed by atoms with E-state index in [1.807, 2.05) is 0 Å². The summed E-state index contributed by atoms with van der Waals surface area (Å²) in [5.41, 5.74) is 1.26. The van der Waals surface area contributed by atoms with Crippen molar-refractivity contribution in [2.24, 2.45) is 0 Å². The lowest BCUT2D eigenvalue weighted by Gasteiger charge is -2.30. The maximum absolute atomic E-state index is 6.28. The molecule has 2 fully saturated rings. The van der Waals surface area contributed by atoms with E-state index in [0.717, 1.165) is 50.4 Å². The first-order valence-electron chi connectivity index (χ1n) is 9.00. The largest absolute Gasteiger partial charge is 0.493 e. The van der Waals surface area contributed by atoms with Gasteiger partial charge < -0.3 is 19.7 Å². The number of hydrogen-bond acceptors (Lipinski definition) is 4. The lowest BCUT2D eigenvalue weighted by molar-refractivity contribution is 0.111. The van der Waals surface area contributed by atoms with Crippen molar-refractivity contribution in [2.75, 3.05) is 33.8 Å². The van der Waals surface area contributed by atoms with Crippen LogP contribution < -0.4 is 14.8 Å². The molecule has 0 aromatic heterocycles. The first kappa shape index (κ1) is 16.6. The van der Waals surface area contributed by atoms with Crippen molar-refractivity contribution < 1.29 is 9.47 Å². The Balaban J connectivity index is 1.68. The quantitative estimate of drug-likeness (QED) is 0.905. The molecule has 1 aromatic carbocycles. The maximum Gasteiger partial charge on any atom is 0.163 e. The van der Waals surface area contributed by atoms with Crippen molar-refractivity contribution in [2.45, 2.75) is 50.7 Å². The van der Waals surface area contributed by atoms with Crippen LogP contribution in [0.2, 0.25) is 0 Å². The fourth-order valence-electron chi connectivity index (χ4n) is 3.69. The summed E-state index contributed by atoms with van der Waals surface area (Å²) in [5.74, 6) is 1.84. The molecule has 4 heteroatoms. The second-order valence-electron chi connectivity index (χ2n) is 6.92. The number of piperidine rings is 2. The van der Waals surface area contributed by atoms with Gasteiger partial charge in [0.1, 0.15) is 6.10 Å². The molecule has 1 atom stereocenters. The molecule has 2 saturated heterocycles. The summed E-state index contributed by atoms with van der Waals surface area (Å²) in [6.45, 7) is 3.36. The summed E-state index contributed by atoms with van der Waals surface area (Å²) in [5, 5.41) is 3.62. The van der Waals surface area contributed by atoms with E-state index in [0.29, 0.717) is 12.1 Å². The van der Waals surface area contributed by atoms with E-state index in [1.54, 1.807) is 7.11 Å². The van der Waals surface area contributed by atoms with Crippen LogP contribution in [0.5, 0.6) is 11.5 Å². The van der Waals surface area contributed by atoms with Gasteiger partial charge in [-0.2, -0.15) is 0 Å². The zero-order chi connectivity index (χ0) is 16.1. The van der Waals surface area contributed by atoms with Gasteiger partial charge >= 0.3 is 0 Å². The molecular formula is C19H30N2O2. The Morgan fingerprint density at radius 2 is 2.00 bits per heavy atom. The third-order valence-corrected chi connectivity index (χ3v) is 5.10. The lowest BCUT2D eigenvalue weighted by atomic mass is 9.97. The molecule has 1 N–H and O–H groups in total. The van der Waals surface area contributed by atoms with Crippen molar-refractivity contribution in [3.8, 4) is 11.5 Å². The van der Waals surface area contributed by atoms with Crippen molar-refractivity contribution in [3.63, 3.8) is 0 Å². The van der Waals surface area contributed by atoms with Gasteiger partial charge in [0.15, 0.2) is 11.5 Å². The average molecular weight is 318 g/mol. The molecule has 0 aliphatic carbocycles. The molecule has 0 bridgehead atoms. The predicted octanol–water partition coefficient (Wildman–Crippen LogP) is 2.85. The van der Waals surface area contributed by atoms with Gasteiger partial charge in [-0.3, -0.25) is 0 Å². The Morgan fingerprint density at radius 3 is 2.70 bits per heavy atom. The SMILES string of the molecule is COc1c(CC2CCCCN2)cccc1OC1CCN(C)CC1. The monoisotopic (exact) mass is 318 g/mol. The summed E-state index contributed by atoms with van der Waals surface area (Å²) in [7, 11) is 3.93. The summed E-state index contributed by atoms with van der Waals surface area (Å²) in [6, 6.07) is 6.90. The van der Waals surface area contributed by atoms with E-state index in [-0.39, 0.29) is 0 Å². The molecular weight excluding hydrogens is 288 g/mol. The highest BCUT2D eigenvalue weighted by Gasteiger charge is 2.22. The minimum absolute atomic E-state index is 0.308. The van der Waals surface area contributed by atoms with Gasteiger partial charge in [0.25, 0.3) is 0 Å². The zero-order valence-corrected chi connectivity index (χ0v) is 14.5. The van der Waals surface area contributed by atoms with Crippen LogP contribution in [-0.4, -0.2) is 50.8 Å². The molecule has 128 valence electrons. The maximum atomic E-state index is 6.28. The van der Waals surface area contributed by atoms with Crippen LogP contribution in [0.3, 0.4) is 0 Å². The molecule has 0 radical (unpaired) electrons. The Bertz CT molecular complexity index is 492. The van der Waals surface area contributed by atoms with Gasteiger partial charge in [-0.05, 0) is 57.3 Å². The molecule has 0 spiro atoms. The van der Waals surface area contributed by atoms with Crippen LogP contribution in [0.15, 0.2) is 18.2 Å². The number of nitrogens with one attached hydrogen (secondary N) is 1. The van der Waals surface area contributed by atoms with Crippen LogP contribution in [0.1, 0.15) is 37.7 Å². The molecule has 2 aliphatic heterocycles. The Morgan fingerprint density at radius 1 is 1.17 bits per heavy atom. The van der Waals surface area contributed by atoms with Crippen molar-refractivity contribution >= 4 is 0 Å². The van der Waals surface area contributed by atoms with E-state index in [1.165, 1.54) is 24.8 Å². The summed E-state index contributed by atoms with van der Waals surface area (Å²) in [6.07, 6.45) is 7.39. The number of benzene rings is 1. The van der Waals surface area contributed by atoms with Crippen LogP contribution in [0, 0.1) is 0 Å². The lowest BCUT2D eigenvalue weighted by Crippen LogP contribution is -2.36. The van der Waals surface area contributed by atoms with Crippen LogP contribution >= 0.6 is 0 Å². The first-order valence-corrected chi connectivity index (χ1v) is 9.00. The number of para-hydroxylation sites is 1. The molecule has 0 amide bonds. The van der Waals surface area contributed by atoms with Crippen molar-refractivity contribution in [3.05, 3.63) is 23.8 Å². The summed E-state index contributed by atoms with van der Waals surface area (Å²) < 4.78 is 12.0. The molecule has 3 rings (SSSR count). The highest BCUT2D eigenvalue weighted by Crippen LogP contribution is 2.34. The van der Waals surface area contributed by atoms with E-state index >= 15 is 0 Å². The highest BCUT2D eigenvalue weighted by atomic mass is 16.5. The molecule has 2 heterocycles. The zero-order valence-electron chi connectivity index (χ0n) is 14.5. The molecule has 0 saturated carbocycles. The molecule has 23 heavy (non-hydrogen) atoms. The van der Waals surface area contributed by atoms with E-state index in [4.69, 9.17) is 9.47 Å². The third kappa shape index (κ3) is 4.39. The third-order valence-electron chi connectivity index (χ3n) is 5.10. The fraction of sp³-hybridized carbons (Fsp3) is 0.684. The fourth-order valence-corrected chi connectivity index (χ4v) is 3.69. The molecule has 1 unspecified atom stereocenters. The van der Waals surface area contributed by atoms with Gasteiger partial charge in [-0.1, -0.05) is 18.6 Å². The minimum Gasteiger partial charge on any atom is -0.493 e. The number of nitrogens with zero attached hydrogens (tertiary/aromatic N) is 1. The first-order chi connectivity index (χ1) is 11.3. The summed E-state index contributed by atoms with van der Waals surface area (Å²) in [4.78, 5) is 2.36. The number of hydrogen-bond donors (Lipinski definition) is 1. The van der Waals surface area contributed by atoms with Gasteiger partial charge in [-0.15, -0.1) is 0 Å². The molecule has 1 aromatic rings. The Kier molecular flexibility index (Phi) is 5.79. The van der Waals surface area contributed by atoms with E-state index in [9.17, 15) is 0 Å². The van der Waals surface area contributed by atoms with E-state index in [2.05, 4.69) is 35.5 Å². The number of ether oxygens (including phenoxy) is 2. The Labute approximate surface area is 140 Å². The molecule has 4 nitrogen and oxygen atoms in total. The Hall–Kier alpha value is -1.26. The smallest absolute Gasteiger partial charge is 0.163 e. The standard InChI is InChI=1S/C19H30N2O2/c1-21-12-9-17(10-13-21)23-18-8-5-6-15(19(18)22-2)14-16-7-3-4-11-20-16/h5-6,8,16-17,20H,3-4,7,9-14H2,1-2H3. The number of likely N-dealkylation sites (tertiary alicyclic amines) is 1. The summed E-state index contributed by atoms with van der Waals surface area (Å²) >= 11 is 0. The number of rotatable bonds is 5. The van der Waals surface area contributed by atoms with Gasteiger partial charge in [0.05, 0.1) is 7.11 Å². The average Bonchev–Trinajstić information content (AvgIpc) is 2.58. The van der Waals surface area contributed by atoms with Gasteiger partial charge in [-0.25, -0.2) is 0 Å². The van der Waals surface area contributed by atoms with Crippen LogP contribution in [0.25, 0.3) is 0 Å². The molecule has 2 aliphatic rings. The van der Waals surface area contributed by atoms with Crippen LogP contribution in [-0.2, 0) is 6.42 Å². The highest BCUT2D eigenvalue weighted by molar-refractivity contribution is 5.47. The number of methoxy groups -OCH3 is 1. The van der Waals surface area contributed by atoms with Gasteiger partial charge in [0.2, 0.25) is 0 Å². The van der Waals surface area contributed by atoms with Crippen molar-refractivity contribution in [1.29, 1.82) is 0 Å². The van der Waals surface area contributed by atoms with Crippen molar-refractivity contribution in [1.82, 2.24) is 10.2 Å². The second kappa shape index (κ2) is 8.02. The topological polar surface area (TPSA) is 33.7 Å². The predicted molar refractivity (Wildman–Crippen MR) is 93.5 cm³/mol. The minimum atomic E-state index is 0.308. The van der Waals surface area contributed by atoms with E-state index < -0.39 is 0 Å². The van der Waals surface area contributed by atoms with Crippen LogP contribution in [0.4, 0.5) is 0 Å².